The Hall–Kier alpha value is -1.28. The Bertz CT molecular complexity index is 503. The van der Waals surface area contributed by atoms with Gasteiger partial charge in [0.2, 0.25) is 0 Å². The molecular weight excluding hydrogens is 248 g/mol. The molecule has 1 aliphatic heterocycles. The van der Waals surface area contributed by atoms with Crippen LogP contribution in [0.1, 0.15) is 32.4 Å². The molecule has 2 heteroatoms. The van der Waals surface area contributed by atoms with Crippen molar-refractivity contribution in [2.24, 2.45) is 23.7 Å². The highest BCUT2D eigenvalue weighted by molar-refractivity contribution is 5.31. The van der Waals surface area contributed by atoms with E-state index in [2.05, 4.69) is 39.0 Å². The second-order valence-corrected chi connectivity index (χ2v) is 6.35. The number of methoxy groups -OCH3 is 1. The highest BCUT2D eigenvalue weighted by atomic mass is 16.5. The fraction of sp³-hybridized carbons (Fsp3) is 0.556. The van der Waals surface area contributed by atoms with Crippen molar-refractivity contribution in [2.45, 2.75) is 26.9 Å². The molecule has 0 spiro atoms. The predicted octanol–water partition coefficient (Wildman–Crippen LogP) is 4.23. The number of benzene rings is 1. The van der Waals surface area contributed by atoms with Crippen molar-refractivity contribution in [2.75, 3.05) is 13.7 Å². The molecule has 1 aromatic carbocycles. The molecule has 5 atom stereocenters. The summed E-state index contributed by atoms with van der Waals surface area (Å²) in [5, 5.41) is 0. The van der Waals surface area contributed by atoms with Crippen LogP contribution in [0.3, 0.4) is 0 Å². The molecule has 108 valence electrons. The van der Waals surface area contributed by atoms with Gasteiger partial charge >= 0.3 is 0 Å². The lowest BCUT2D eigenvalue weighted by Gasteiger charge is -2.47. The molecule has 2 aliphatic rings. The maximum Gasteiger partial charge on any atom is 0.118 e. The Morgan fingerprint density at radius 3 is 2.50 bits per heavy atom. The van der Waals surface area contributed by atoms with Gasteiger partial charge in [-0.1, -0.05) is 37.6 Å². The third-order valence-corrected chi connectivity index (χ3v) is 5.21. The van der Waals surface area contributed by atoms with Crippen molar-refractivity contribution in [1.82, 2.24) is 0 Å². The molecule has 2 bridgehead atoms. The summed E-state index contributed by atoms with van der Waals surface area (Å²) >= 11 is 0. The van der Waals surface area contributed by atoms with Crippen LogP contribution >= 0.6 is 0 Å². The molecule has 0 amide bonds. The van der Waals surface area contributed by atoms with Gasteiger partial charge in [0.1, 0.15) is 5.75 Å². The van der Waals surface area contributed by atoms with E-state index < -0.39 is 0 Å². The first-order chi connectivity index (χ1) is 9.61. The molecule has 1 saturated heterocycles. The molecule has 2 nitrogen and oxygen atoms in total. The van der Waals surface area contributed by atoms with Crippen LogP contribution in [0.15, 0.2) is 35.9 Å². The minimum atomic E-state index is 0.191. The molecule has 1 fully saturated rings. The van der Waals surface area contributed by atoms with Gasteiger partial charge in [-0.05, 0) is 42.4 Å². The molecule has 0 unspecified atom stereocenters. The second kappa shape index (κ2) is 5.25. The lowest BCUT2D eigenvalue weighted by molar-refractivity contribution is -0.0934. The van der Waals surface area contributed by atoms with E-state index in [-0.39, 0.29) is 6.10 Å². The lowest BCUT2D eigenvalue weighted by atomic mass is 9.64. The van der Waals surface area contributed by atoms with Crippen molar-refractivity contribution in [1.29, 1.82) is 0 Å². The van der Waals surface area contributed by atoms with Gasteiger partial charge in [0.15, 0.2) is 0 Å². The van der Waals surface area contributed by atoms with E-state index in [1.165, 1.54) is 11.1 Å². The maximum absolute atomic E-state index is 6.23. The topological polar surface area (TPSA) is 18.5 Å². The minimum Gasteiger partial charge on any atom is -0.497 e. The van der Waals surface area contributed by atoms with Gasteiger partial charge in [0.25, 0.3) is 0 Å². The van der Waals surface area contributed by atoms with Crippen LogP contribution < -0.4 is 4.74 Å². The Labute approximate surface area is 121 Å². The molecular formula is C18H24O2. The first-order valence-corrected chi connectivity index (χ1v) is 7.55. The van der Waals surface area contributed by atoms with E-state index >= 15 is 0 Å². The average molecular weight is 272 g/mol. The maximum atomic E-state index is 6.23. The van der Waals surface area contributed by atoms with Gasteiger partial charge in [-0.25, -0.2) is 0 Å². The van der Waals surface area contributed by atoms with E-state index in [0.717, 1.165) is 12.4 Å². The normalized spacial score (nSPS) is 36.4. The fourth-order valence-corrected chi connectivity index (χ4v) is 4.04. The summed E-state index contributed by atoms with van der Waals surface area (Å²) in [6.45, 7) is 7.84. The number of hydrogen-bond acceptors (Lipinski definition) is 2. The van der Waals surface area contributed by atoms with E-state index in [0.29, 0.717) is 23.7 Å². The standard InChI is InChI=1S/C18H24O2/c1-11-9-12(2)17-13(3)16(11)10-20-18(17)14-5-7-15(19-4)8-6-14/h5-9,11,13,16-18H,10H2,1-4H3/t11-,13-,16-,17-,18-/m0/s1. The van der Waals surface area contributed by atoms with Crippen molar-refractivity contribution < 1.29 is 9.47 Å². The van der Waals surface area contributed by atoms with Gasteiger partial charge in [-0.15, -0.1) is 0 Å². The monoisotopic (exact) mass is 272 g/mol. The largest absolute Gasteiger partial charge is 0.497 e. The summed E-state index contributed by atoms with van der Waals surface area (Å²) in [5.41, 5.74) is 2.75. The zero-order chi connectivity index (χ0) is 14.3. The van der Waals surface area contributed by atoms with Crippen LogP contribution in [0.2, 0.25) is 0 Å². The predicted molar refractivity (Wildman–Crippen MR) is 80.8 cm³/mol. The number of rotatable bonds is 2. The number of fused-ring (bicyclic) bond motifs is 2. The Kier molecular flexibility index (Phi) is 3.59. The van der Waals surface area contributed by atoms with Crippen LogP contribution in [0, 0.1) is 23.7 Å². The summed E-state index contributed by atoms with van der Waals surface area (Å²) in [6, 6.07) is 8.34. The Morgan fingerprint density at radius 1 is 1.15 bits per heavy atom. The average Bonchev–Trinajstić information content (AvgIpc) is 2.45. The third-order valence-electron chi connectivity index (χ3n) is 5.21. The van der Waals surface area contributed by atoms with E-state index in [9.17, 15) is 0 Å². The quantitative estimate of drug-likeness (QED) is 0.750. The van der Waals surface area contributed by atoms with Crippen molar-refractivity contribution >= 4 is 0 Å². The van der Waals surface area contributed by atoms with Crippen LogP contribution in [0.5, 0.6) is 5.75 Å². The smallest absolute Gasteiger partial charge is 0.118 e. The van der Waals surface area contributed by atoms with Crippen LogP contribution in [0.25, 0.3) is 0 Å². The summed E-state index contributed by atoms with van der Waals surface area (Å²) < 4.78 is 11.5. The zero-order valence-electron chi connectivity index (χ0n) is 12.8. The summed E-state index contributed by atoms with van der Waals surface area (Å²) in [4.78, 5) is 0. The molecule has 0 N–H and O–H groups in total. The van der Waals surface area contributed by atoms with Gasteiger partial charge in [-0.3, -0.25) is 0 Å². The number of hydrogen-bond donors (Lipinski definition) is 0. The lowest BCUT2D eigenvalue weighted by Crippen LogP contribution is -2.42. The SMILES string of the molecule is COc1ccc([C@@H]2OC[C@@H]3[C@H](C)[C@@H]2C(C)=C[C@@H]3C)cc1. The van der Waals surface area contributed by atoms with Crippen LogP contribution in [-0.2, 0) is 4.74 Å². The van der Waals surface area contributed by atoms with Gasteiger partial charge in [0.05, 0.1) is 19.8 Å². The molecule has 3 rings (SSSR count). The van der Waals surface area contributed by atoms with E-state index in [1.54, 1.807) is 7.11 Å². The number of allylic oxidation sites excluding steroid dienone is 1. The molecule has 1 heterocycles. The van der Waals surface area contributed by atoms with Crippen molar-refractivity contribution in [3.63, 3.8) is 0 Å². The Balaban J connectivity index is 1.92. The van der Waals surface area contributed by atoms with Gasteiger partial charge in [-0.2, -0.15) is 0 Å². The highest BCUT2D eigenvalue weighted by Crippen LogP contribution is 2.49. The first kappa shape index (κ1) is 13.7. The molecule has 1 aromatic rings. The second-order valence-electron chi connectivity index (χ2n) is 6.35. The summed E-state index contributed by atoms with van der Waals surface area (Å²) in [7, 11) is 1.70. The van der Waals surface area contributed by atoms with Crippen molar-refractivity contribution in [3.05, 3.63) is 41.5 Å². The van der Waals surface area contributed by atoms with Gasteiger partial charge in [0, 0.05) is 5.92 Å². The molecule has 0 aromatic heterocycles. The van der Waals surface area contributed by atoms with Crippen LogP contribution in [-0.4, -0.2) is 13.7 Å². The van der Waals surface area contributed by atoms with E-state index in [1.807, 2.05) is 12.1 Å². The summed E-state index contributed by atoms with van der Waals surface area (Å²) in [5.74, 6) is 3.41. The van der Waals surface area contributed by atoms with E-state index in [4.69, 9.17) is 9.47 Å². The van der Waals surface area contributed by atoms with Gasteiger partial charge < -0.3 is 9.47 Å². The number of ether oxygens (including phenoxy) is 2. The molecule has 0 saturated carbocycles. The molecule has 0 radical (unpaired) electrons. The zero-order valence-corrected chi connectivity index (χ0v) is 12.8. The van der Waals surface area contributed by atoms with Crippen LogP contribution in [0.4, 0.5) is 0 Å². The highest BCUT2D eigenvalue weighted by Gasteiger charge is 2.43. The Morgan fingerprint density at radius 2 is 1.85 bits per heavy atom. The molecule has 1 aliphatic carbocycles. The molecule has 20 heavy (non-hydrogen) atoms. The summed E-state index contributed by atoms with van der Waals surface area (Å²) in [6.07, 6.45) is 2.64. The third kappa shape index (κ3) is 2.16. The minimum absolute atomic E-state index is 0.191. The first-order valence-electron chi connectivity index (χ1n) is 7.55. The fourth-order valence-electron chi connectivity index (χ4n) is 4.04. The van der Waals surface area contributed by atoms with Crippen molar-refractivity contribution in [3.8, 4) is 5.75 Å².